The van der Waals surface area contributed by atoms with Gasteiger partial charge in [-0.1, -0.05) is 20.3 Å². The van der Waals surface area contributed by atoms with Gasteiger partial charge >= 0.3 is 0 Å². The van der Waals surface area contributed by atoms with Gasteiger partial charge in [0.1, 0.15) is 11.6 Å². The first-order valence-corrected chi connectivity index (χ1v) is 8.47. The summed E-state index contributed by atoms with van der Waals surface area (Å²) in [7, 11) is 1.97. The predicted octanol–water partition coefficient (Wildman–Crippen LogP) is 3.82. The van der Waals surface area contributed by atoms with Crippen molar-refractivity contribution in [2.24, 2.45) is 0 Å². The molecule has 1 aliphatic rings. The summed E-state index contributed by atoms with van der Waals surface area (Å²) in [5.74, 6) is 2.98. The van der Waals surface area contributed by atoms with Gasteiger partial charge in [-0.15, -0.1) is 0 Å². The minimum atomic E-state index is 0.681. The van der Waals surface area contributed by atoms with Crippen LogP contribution < -0.4 is 5.32 Å². The van der Waals surface area contributed by atoms with Crippen molar-refractivity contribution in [2.45, 2.75) is 63.4 Å². The number of thioether (sulfide) groups is 1. The standard InChI is InChI=1S/C15H25N3S/c1-4-11(2)19-10-14-17-13-9-7-5-6-8-12(13)15(16-3)18-14/h11H,4-10H2,1-3H3,(H,16,17,18). The zero-order valence-corrected chi connectivity index (χ0v) is 13.1. The molecule has 1 heterocycles. The molecule has 0 aliphatic heterocycles. The number of rotatable bonds is 5. The fourth-order valence-corrected chi connectivity index (χ4v) is 3.23. The maximum Gasteiger partial charge on any atom is 0.140 e. The van der Waals surface area contributed by atoms with E-state index in [2.05, 4.69) is 19.2 Å². The molecule has 19 heavy (non-hydrogen) atoms. The summed E-state index contributed by atoms with van der Waals surface area (Å²) < 4.78 is 0. The van der Waals surface area contributed by atoms with Gasteiger partial charge in [-0.25, -0.2) is 9.97 Å². The quantitative estimate of drug-likeness (QED) is 0.832. The van der Waals surface area contributed by atoms with Crippen LogP contribution in [-0.2, 0) is 18.6 Å². The van der Waals surface area contributed by atoms with E-state index in [4.69, 9.17) is 9.97 Å². The second-order valence-electron chi connectivity index (χ2n) is 5.25. The lowest BCUT2D eigenvalue weighted by Gasteiger charge is -2.14. The molecule has 1 aliphatic carbocycles. The Morgan fingerprint density at radius 1 is 1.21 bits per heavy atom. The second kappa shape index (κ2) is 7.13. The van der Waals surface area contributed by atoms with E-state index >= 15 is 0 Å². The van der Waals surface area contributed by atoms with Gasteiger partial charge in [0.15, 0.2) is 0 Å². The molecule has 0 radical (unpaired) electrons. The Labute approximate surface area is 121 Å². The number of nitrogens with zero attached hydrogens (tertiary/aromatic N) is 2. The topological polar surface area (TPSA) is 37.8 Å². The van der Waals surface area contributed by atoms with Crippen molar-refractivity contribution in [1.29, 1.82) is 0 Å². The molecule has 1 aromatic rings. The highest BCUT2D eigenvalue weighted by molar-refractivity contribution is 7.99. The number of aryl methyl sites for hydroxylation is 1. The Morgan fingerprint density at radius 3 is 2.74 bits per heavy atom. The first-order valence-electron chi connectivity index (χ1n) is 7.42. The van der Waals surface area contributed by atoms with E-state index < -0.39 is 0 Å². The smallest absolute Gasteiger partial charge is 0.140 e. The maximum absolute atomic E-state index is 4.82. The third kappa shape index (κ3) is 3.85. The van der Waals surface area contributed by atoms with Crippen molar-refractivity contribution in [3.63, 3.8) is 0 Å². The van der Waals surface area contributed by atoms with Crippen LogP contribution in [0.15, 0.2) is 0 Å². The number of hydrogen-bond acceptors (Lipinski definition) is 4. The number of nitrogens with one attached hydrogen (secondary N) is 1. The monoisotopic (exact) mass is 279 g/mol. The molecule has 1 N–H and O–H groups in total. The minimum Gasteiger partial charge on any atom is -0.373 e. The van der Waals surface area contributed by atoms with E-state index in [0.717, 1.165) is 30.2 Å². The normalized spacial score (nSPS) is 16.6. The number of fused-ring (bicyclic) bond motifs is 1. The molecule has 0 aromatic carbocycles. The fraction of sp³-hybridized carbons (Fsp3) is 0.733. The first-order chi connectivity index (χ1) is 9.24. The van der Waals surface area contributed by atoms with Gasteiger partial charge in [0.25, 0.3) is 0 Å². The molecule has 0 bridgehead atoms. The SMILES string of the molecule is CCC(C)SCc1nc2c(c(NC)n1)CCCCC2. The molecule has 0 spiro atoms. The summed E-state index contributed by atoms with van der Waals surface area (Å²) in [6.07, 6.45) is 7.31. The molecule has 1 atom stereocenters. The van der Waals surface area contributed by atoms with Crippen LogP contribution in [0.3, 0.4) is 0 Å². The average molecular weight is 279 g/mol. The number of aromatic nitrogens is 2. The molecule has 0 amide bonds. The zero-order valence-electron chi connectivity index (χ0n) is 12.3. The van der Waals surface area contributed by atoms with Gasteiger partial charge in [0.2, 0.25) is 0 Å². The lowest BCUT2D eigenvalue weighted by Crippen LogP contribution is -2.09. The molecular weight excluding hydrogens is 254 g/mol. The predicted molar refractivity (Wildman–Crippen MR) is 83.9 cm³/mol. The second-order valence-corrected chi connectivity index (χ2v) is 6.68. The molecule has 2 rings (SSSR count). The van der Waals surface area contributed by atoms with Gasteiger partial charge in [0.05, 0.1) is 5.75 Å². The summed E-state index contributed by atoms with van der Waals surface area (Å²) >= 11 is 1.95. The summed E-state index contributed by atoms with van der Waals surface area (Å²) in [6, 6.07) is 0. The van der Waals surface area contributed by atoms with Crippen molar-refractivity contribution >= 4 is 17.6 Å². The first kappa shape index (κ1) is 14.6. The van der Waals surface area contributed by atoms with Crippen LogP contribution in [0.5, 0.6) is 0 Å². The Balaban J connectivity index is 2.19. The largest absolute Gasteiger partial charge is 0.373 e. The van der Waals surface area contributed by atoms with Crippen LogP contribution in [0.2, 0.25) is 0 Å². The van der Waals surface area contributed by atoms with Crippen molar-refractivity contribution in [2.75, 3.05) is 12.4 Å². The van der Waals surface area contributed by atoms with E-state index in [-0.39, 0.29) is 0 Å². The Bertz CT molecular complexity index is 420. The summed E-state index contributed by atoms with van der Waals surface area (Å²) in [5.41, 5.74) is 2.65. The Hall–Kier alpha value is -0.770. The van der Waals surface area contributed by atoms with Crippen molar-refractivity contribution in [3.05, 3.63) is 17.1 Å². The van der Waals surface area contributed by atoms with E-state index in [9.17, 15) is 0 Å². The fourth-order valence-electron chi connectivity index (χ4n) is 2.43. The van der Waals surface area contributed by atoms with Crippen molar-refractivity contribution < 1.29 is 0 Å². The average Bonchev–Trinajstić information content (AvgIpc) is 2.68. The summed E-state index contributed by atoms with van der Waals surface area (Å²) in [4.78, 5) is 9.53. The van der Waals surface area contributed by atoms with E-state index in [1.165, 1.54) is 36.9 Å². The van der Waals surface area contributed by atoms with Crippen LogP contribution in [0.4, 0.5) is 5.82 Å². The highest BCUT2D eigenvalue weighted by Crippen LogP contribution is 2.26. The van der Waals surface area contributed by atoms with Gasteiger partial charge in [-0.3, -0.25) is 0 Å². The highest BCUT2D eigenvalue weighted by Gasteiger charge is 2.16. The molecule has 0 saturated carbocycles. The minimum absolute atomic E-state index is 0.681. The van der Waals surface area contributed by atoms with E-state index in [1.54, 1.807) is 0 Å². The van der Waals surface area contributed by atoms with Gasteiger partial charge in [0, 0.05) is 23.6 Å². The Kier molecular flexibility index (Phi) is 5.49. The van der Waals surface area contributed by atoms with Crippen LogP contribution in [-0.4, -0.2) is 22.3 Å². The Morgan fingerprint density at radius 2 is 2.00 bits per heavy atom. The highest BCUT2D eigenvalue weighted by atomic mass is 32.2. The van der Waals surface area contributed by atoms with Crippen LogP contribution in [0.25, 0.3) is 0 Å². The molecule has 0 saturated heterocycles. The van der Waals surface area contributed by atoms with Crippen LogP contribution in [0.1, 0.15) is 56.6 Å². The van der Waals surface area contributed by atoms with Crippen LogP contribution >= 0.6 is 11.8 Å². The number of anilines is 1. The molecule has 1 aromatic heterocycles. The third-order valence-corrected chi connectivity index (χ3v) is 5.12. The summed E-state index contributed by atoms with van der Waals surface area (Å²) in [6.45, 7) is 4.50. The van der Waals surface area contributed by atoms with Crippen molar-refractivity contribution in [3.8, 4) is 0 Å². The van der Waals surface area contributed by atoms with Crippen LogP contribution in [0, 0.1) is 0 Å². The lowest BCUT2D eigenvalue weighted by molar-refractivity contribution is 0.708. The molecule has 106 valence electrons. The van der Waals surface area contributed by atoms with Gasteiger partial charge in [-0.2, -0.15) is 11.8 Å². The maximum atomic E-state index is 4.82. The molecule has 3 nitrogen and oxygen atoms in total. The molecule has 1 unspecified atom stereocenters. The van der Waals surface area contributed by atoms with E-state index in [1.807, 2.05) is 18.8 Å². The van der Waals surface area contributed by atoms with E-state index in [0.29, 0.717) is 5.25 Å². The van der Waals surface area contributed by atoms with Gasteiger partial charge in [-0.05, 0) is 32.1 Å². The third-order valence-electron chi connectivity index (χ3n) is 3.79. The molecule has 4 heteroatoms. The number of hydrogen-bond donors (Lipinski definition) is 1. The lowest BCUT2D eigenvalue weighted by atomic mass is 10.1. The zero-order chi connectivity index (χ0) is 13.7. The van der Waals surface area contributed by atoms with Crippen molar-refractivity contribution in [1.82, 2.24) is 9.97 Å². The van der Waals surface area contributed by atoms with Gasteiger partial charge < -0.3 is 5.32 Å². The molecular formula is C15H25N3S. The molecule has 0 fully saturated rings. The summed E-state index contributed by atoms with van der Waals surface area (Å²) in [5, 5.41) is 3.95.